The molecule has 0 radical (unpaired) electrons. The highest BCUT2D eigenvalue weighted by atomic mass is 32.2. The van der Waals surface area contributed by atoms with E-state index in [2.05, 4.69) is 4.72 Å². The minimum absolute atomic E-state index is 0.0879. The van der Waals surface area contributed by atoms with Gasteiger partial charge in [0.15, 0.2) is 6.61 Å². The van der Waals surface area contributed by atoms with Crippen LogP contribution in [0.2, 0.25) is 0 Å². The molecule has 0 aromatic heterocycles. The molecule has 1 aliphatic heterocycles. The fourth-order valence-corrected chi connectivity index (χ4v) is 4.11. The standard InChI is InChI=1S/C20H24N2O5S/c1-16(17-5-3-2-4-6-17)21-28(24,25)19-9-7-18(8-10-19)27-15-20(23)22-11-13-26-14-12-22/h2-10,16,21H,11-15H2,1H3/t16-/m1/s1. The van der Waals surface area contributed by atoms with Gasteiger partial charge in [0.25, 0.3) is 5.91 Å². The van der Waals surface area contributed by atoms with E-state index in [4.69, 9.17) is 9.47 Å². The first-order valence-electron chi connectivity index (χ1n) is 9.11. The molecule has 2 aromatic carbocycles. The van der Waals surface area contributed by atoms with Crippen molar-refractivity contribution < 1.29 is 22.7 Å². The minimum atomic E-state index is -3.67. The monoisotopic (exact) mass is 404 g/mol. The van der Waals surface area contributed by atoms with Gasteiger partial charge in [-0.3, -0.25) is 4.79 Å². The molecule has 0 aliphatic carbocycles. The van der Waals surface area contributed by atoms with Gasteiger partial charge in [0, 0.05) is 19.1 Å². The van der Waals surface area contributed by atoms with E-state index in [1.54, 1.807) is 24.0 Å². The third kappa shape index (κ3) is 5.31. The van der Waals surface area contributed by atoms with Gasteiger partial charge in [0.05, 0.1) is 18.1 Å². The fourth-order valence-electron chi connectivity index (χ4n) is 2.87. The molecule has 7 nitrogen and oxygen atoms in total. The summed E-state index contributed by atoms with van der Waals surface area (Å²) in [6, 6.07) is 15.0. The summed E-state index contributed by atoms with van der Waals surface area (Å²) in [5, 5.41) is 0. The smallest absolute Gasteiger partial charge is 0.260 e. The second-order valence-electron chi connectivity index (χ2n) is 6.51. The highest BCUT2D eigenvalue weighted by Crippen LogP contribution is 2.19. The predicted octanol–water partition coefficient (Wildman–Crippen LogP) is 1.96. The number of carbonyl (C=O) groups excluding carboxylic acids is 1. The van der Waals surface area contributed by atoms with Crippen molar-refractivity contribution in [3.8, 4) is 5.75 Å². The van der Waals surface area contributed by atoms with Gasteiger partial charge in [-0.1, -0.05) is 30.3 Å². The summed E-state index contributed by atoms with van der Waals surface area (Å²) in [6.45, 7) is 3.89. The van der Waals surface area contributed by atoms with Crippen molar-refractivity contribution >= 4 is 15.9 Å². The van der Waals surface area contributed by atoms with Gasteiger partial charge in [-0.15, -0.1) is 0 Å². The molecule has 28 heavy (non-hydrogen) atoms. The Kier molecular flexibility index (Phi) is 6.66. The van der Waals surface area contributed by atoms with Crippen molar-refractivity contribution in [1.29, 1.82) is 0 Å². The van der Waals surface area contributed by atoms with Crippen molar-refractivity contribution in [2.45, 2.75) is 17.9 Å². The summed E-state index contributed by atoms with van der Waals surface area (Å²) in [5.74, 6) is 0.329. The van der Waals surface area contributed by atoms with Gasteiger partial charge in [-0.2, -0.15) is 0 Å². The molecular weight excluding hydrogens is 380 g/mol. The van der Waals surface area contributed by atoms with Crippen LogP contribution in [0.4, 0.5) is 0 Å². The third-order valence-corrected chi connectivity index (χ3v) is 6.05. The normalized spacial score (nSPS) is 15.8. The summed E-state index contributed by atoms with van der Waals surface area (Å²) >= 11 is 0. The van der Waals surface area contributed by atoms with Crippen molar-refractivity contribution in [3.63, 3.8) is 0 Å². The van der Waals surface area contributed by atoms with Crippen molar-refractivity contribution in [2.75, 3.05) is 32.9 Å². The van der Waals surface area contributed by atoms with Crippen LogP contribution in [0.25, 0.3) is 0 Å². The summed E-state index contributed by atoms with van der Waals surface area (Å²) in [6.07, 6.45) is 0. The largest absolute Gasteiger partial charge is 0.484 e. The number of nitrogens with one attached hydrogen (secondary N) is 1. The van der Waals surface area contributed by atoms with Gasteiger partial charge in [-0.25, -0.2) is 13.1 Å². The number of sulfonamides is 1. The van der Waals surface area contributed by atoms with Crippen LogP contribution in [0, 0.1) is 0 Å². The average Bonchev–Trinajstić information content (AvgIpc) is 2.73. The summed E-state index contributed by atoms with van der Waals surface area (Å²) < 4.78 is 38.5. The molecule has 1 saturated heterocycles. The van der Waals surface area contributed by atoms with E-state index in [0.717, 1.165) is 5.56 Å². The number of benzene rings is 2. The van der Waals surface area contributed by atoms with E-state index in [1.807, 2.05) is 30.3 Å². The Morgan fingerprint density at radius 1 is 1.11 bits per heavy atom. The molecule has 150 valence electrons. The van der Waals surface area contributed by atoms with E-state index in [1.165, 1.54) is 12.1 Å². The maximum Gasteiger partial charge on any atom is 0.260 e. The number of hydrogen-bond donors (Lipinski definition) is 1. The number of carbonyl (C=O) groups is 1. The minimum Gasteiger partial charge on any atom is -0.484 e. The number of amides is 1. The highest BCUT2D eigenvalue weighted by Gasteiger charge is 2.19. The molecule has 0 saturated carbocycles. The van der Waals surface area contributed by atoms with Crippen LogP contribution >= 0.6 is 0 Å². The third-order valence-electron chi connectivity index (χ3n) is 4.49. The Hall–Kier alpha value is -2.42. The second kappa shape index (κ2) is 9.18. The van der Waals surface area contributed by atoms with E-state index in [0.29, 0.717) is 32.1 Å². The summed E-state index contributed by atoms with van der Waals surface area (Å²) in [4.78, 5) is 13.9. The van der Waals surface area contributed by atoms with Gasteiger partial charge in [-0.05, 0) is 36.8 Å². The molecule has 0 unspecified atom stereocenters. The topological polar surface area (TPSA) is 84.9 Å². The Morgan fingerprint density at radius 3 is 2.39 bits per heavy atom. The van der Waals surface area contributed by atoms with Crippen LogP contribution in [0.1, 0.15) is 18.5 Å². The first-order valence-corrected chi connectivity index (χ1v) is 10.6. The Labute approximate surface area is 165 Å². The lowest BCUT2D eigenvalue weighted by molar-refractivity contribution is -0.137. The maximum absolute atomic E-state index is 12.6. The van der Waals surface area contributed by atoms with Crippen LogP contribution in [0.3, 0.4) is 0 Å². The molecule has 3 rings (SSSR count). The van der Waals surface area contributed by atoms with Crippen LogP contribution in [-0.2, 0) is 19.6 Å². The quantitative estimate of drug-likeness (QED) is 0.763. The van der Waals surface area contributed by atoms with E-state index in [9.17, 15) is 13.2 Å². The zero-order chi connectivity index (χ0) is 20.0. The van der Waals surface area contributed by atoms with Crippen molar-refractivity contribution in [2.24, 2.45) is 0 Å². The second-order valence-corrected chi connectivity index (χ2v) is 8.22. The molecule has 1 fully saturated rings. The lowest BCUT2D eigenvalue weighted by Crippen LogP contribution is -2.42. The lowest BCUT2D eigenvalue weighted by Gasteiger charge is -2.26. The van der Waals surface area contributed by atoms with Crippen LogP contribution in [0.5, 0.6) is 5.75 Å². The van der Waals surface area contributed by atoms with Gasteiger partial charge >= 0.3 is 0 Å². The van der Waals surface area contributed by atoms with Gasteiger partial charge in [0.2, 0.25) is 10.0 Å². The van der Waals surface area contributed by atoms with Gasteiger partial charge < -0.3 is 14.4 Å². The first kappa shape index (κ1) is 20.3. The Morgan fingerprint density at radius 2 is 1.75 bits per heavy atom. The van der Waals surface area contributed by atoms with E-state index < -0.39 is 10.0 Å². The number of hydrogen-bond acceptors (Lipinski definition) is 5. The first-order chi connectivity index (χ1) is 13.5. The number of morpholine rings is 1. The SMILES string of the molecule is C[C@@H](NS(=O)(=O)c1ccc(OCC(=O)N2CCOCC2)cc1)c1ccccc1. The van der Waals surface area contributed by atoms with E-state index >= 15 is 0 Å². The maximum atomic E-state index is 12.6. The molecule has 0 bridgehead atoms. The van der Waals surface area contributed by atoms with Crippen molar-refractivity contribution in [1.82, 2.24) is 9.62 Å². The highest BCUT2D eigenvalue weighted by molar-refractivity contribution is 7.89. The van der Waals surface area contributed by atoms with Crippen LogP contribution < -0.4 is 9.46 Å². The molecule has 2 aromatic rings. The molecule has 1 amide bonds. The number of nitrogens with zero attached hydrogens (tertiary/aromatic N) is 1. The van der Waals surface area contributed by atoms with Crippen molar-refractivity contribution in [3.05, 3.63) is 60.2 Å². The molecule has 8 heteroatoms. The number of rotatable bonds is 7. The fraction of sp³-hybridized carbons (Fsp3) is 0.350. The number of ether oxygens (including phenoxy) is 2. The average molecular weight is 404 g/mol. The zero-order valence-electron chi connectivity index (χ0n) is 15.7. The molecule has 1 aliphatic rings. The zero-order valence-corrected chi connectivity index (χ0v) is 16.5. The van der Waals surface area contributed by atoms with Gasteiger partial charge in [0.1, 0.15) is 5.75 Å². The Balaban J connectivity index is 1.57. The lowest BCUT2D eigenvalue weighted by atomic mass is 10.1. The van der Waals surface area contributed by atoms with Crippen LogP contribution in [0.15, 0.2) is 59.5 Å². The molecular formula is C20H24N2O5S. The predicted molar refractivity (Wildman–Crippen MR) is 105 cm³/mol. The summed E-state index contributed by atoms with van der Waals surface area (Å²) in [7, 11) is -3.67. The Bertz CT molecular complexity index is 879. The van der Waals surface area contributed by atoms with Crippen LogP contribution in [-0.4, -0.2) is 52.1 Å². The summed E-state index contributed by atoms with van der Waals surface area (Å²) in [5.41, 5.74) is 0.882. The van der Waals surface area contributed by atoms with E-state index in [-0.39, 0.29) is 23.5 Å². The molecule has 0 spiro atoms. The molecule has 1 N–H and O–H groups in total. The molecule has 1 atom stereocenters. The molecule has 1 heterocycles.